The van der Waals surface area contributed by atoms with E-state index in [-0.39, 0.29) is 17.7 Å². The third-order valence-corrected chi connectivity index (χ3v) is 3.73. The van der Waals surface area contributed by atoms with Gasteiger partial charge in [0.25, 0.3) is 5.91 Å². The van der Waals surface area contributed by atoms with Crippen molar-refractivity contribution in [2.24, 2.45) is 11.7 Å². The topological polar surface area (TPSA) is 76.3 Å². The van der Waals surface area contributed by atoms with Crippen molar-refractivity contribution in [1.29, 1.82) is 0 Å². The lowest BCUT2D eigenvalue weighted by molar-refractivity contribution is -0.123. The summed E-state index contributed by atoms with van der Waals surface area (Å²) in [4.78, 5) is 25.8. The number of likely N-dealkylation sites (tertiary alicyclic amines) is 1. The fourth-order valence-corrected chi connectivity index (χ4v) is 2.53. The number of piperidine rings is 1. The maximum Gasteiger partial charge on any atom is 0.273 e. The Morgan fingerprint density at radius 2 is 2.12 bits per heavy atom. The van der Waals surface area contributed by atoms with Gasteiger partial charge in [-0.3, -0.25) is 9.59 Å². The summed E-state index contributed by atoms with van der Waals surface area (Å²) in [6.07, 6.45) is 1.31. The molecule has 0 radical (unpaired) electrons. The van der Waals surface area contributed by atoms with E-state index < -0.39 is 0 Å². The van der Waals surface area contributed by atoms with Gasteiger partial charge in [0.15, 0.2) is 0 Å². The molecule has 2 amide bonds. The SMILES string of the molecule is Cc1cc(C(=O)N2CCC(C(N)=O)CC2)ns1. The van der Waals surface area contributed by atoms with E-state index in [2.05, 4.69) is 4.37 Å². The highest BCUT2D eigenvalue weighted by molar-refractivity contribution is 7.05. The lowest BCUT2D eigenvalue weighted by Crippen LogP contribution is -2.41. The Bertz CT molecular complexity index is 436. The highest BCUT2D eigenvalue weighted by Crippen LogP contribution is 2.19. The molecular formula is C11H15N3O2S. The van der Waals surface area contributed by atoms with Gasteiger partial charge in [-0.15, -0.1) is 0 Å². The summed E-state index contributed by atoms with van der Waals surface area (Å²) >= 11 is 1.33. The first-order valence-corrected chi connectivity index (χ1v) is 6.37. The van der Waals surface area contributed by atoms with E-state index in [1.807, 2.05) is 6.92 Å². The van der Waals surface area contributed by atoms with Crippen molar-refractivity contribution in [3.8, 4) is 0 Å². The number of nitrogens with zero attached hydrogens (tertiary/aromatic N) is 2. The summed E-state index contributed by atoms with van der Waals surface area (Å²) in [5.41, 5.74) is 5.75. The number of hydrogen-bond acceptors (Lipinski definition) is 4. The Balaban J connectivity index is 1.97. The van der Waals surface area contributed by atoms with Crippen molar-refractivity contribution in [1.82, 2.24) is 9.27 Å². The predicted molar refractivity (Wildman–Crippen MR) is 64.7 cm³/mol. The number of carbonyl (C=O) groups is 2. The van der Waals surface area contributed by atoms with Crippen LogP contribution in [-0.4, -0.2) is 34.2 Å². The van der Waals surface area contributed by atoms with Crippen LogP contribution < -0.4 is 5.73 Å². The monoisotopic (exact) mass is 253 g/mol. The molecule has 2 heterocycles. The first-order valence-electron chi connectivity index (χ1n) is 5.60. The molecule has 6 heteroatoms. The zero-order valence-corrected chi connectivity index (χ0v) is 10.5. The van der Waals surface area contributed by atoms with Gasteiger partial charge >= 0.3 is 0 Å². The van der Waals surface area contributed by atoms with Crippen LogP contribution in [0.3, 0.4) is 0 Å². The molecule has 1 aliphatic heterocycles. The first-order chi connectivity index (χ1) is 8.08. The molecule has 1 aromatic rings. The number of hydrogen-bond donors (Lipinski definition) is 1. The van der Waals surface area contributed by atoms with E-state index in [9.17, 15) is 9.59 Å². The maximum atomic E-state index is 12.0. The lowest BCUT2D eigenvalue weighted by atomic mass is 9.96. The zero-order chi connectivity index (χ0) is 12.4. The van der Waals surface area contributed by atoms with E-state index in [0.717, 1.165) is 4.88 Å². The van der Waals surface area contributed by atoms with Crippen LogP contribution in [0.15, 0.2) is 6.07 Å². The number of rotatable bonds is 2. The predicted octanol–water partition coefficient (Wildman–Crippen LogP) is 0.789. The summed E-state index contributed by atoms with van der Waals surface area (Å²) in [6, 6.07) is 1.80. The molecule has 0 saturated carbocycles. The van der Waals surface area contributed by atoms with E-state index in [1.54, 1.807) is 11.0 Å². The van der Waals surface area contributed by atoms with Crippen LogP contribution in [-0.2, 0) is 4.79 Å². The second kappa shape index (κ2) is 4.83. The van der Waals surface area contributed by atoms with Crippen molar-refractivity contribution in [2.75, 3.05) is 13.1 Å². The molecule has 17 heavy (non-hydrogen) atoms. The van der Waals surface area contributed by atoms with Crippen LogP contribution in [0.1, 0.15) is 28.2 Å². The van der Waals surface area contributed by atoms with Crippen molar-refractivity contribution in [2.45, 2.75) is 19.8 Å². The Hall–Kier alpha value is -1.43. The molecule has 2 N–H and O–H groups in total. The molecule has 1 aromatic heterocycles. The Morgan fingerprint density at radius 3 is 2.59 bits per heavy atom. The smallest absolute Gasteiger partial charge is 0.273 e. The lowest BCUT2D eigenvalue weighted by Gasteiger charge is -2.29. The molecule has 0 aromatic carbocycles. The van der Waals surface area contributed by atoms with Gasteiger partial charge in [0.2, 0.25) is 5.91 Å². The molecule has 2 rings (SSSR count). The fraction of sp³-hybridized carbons (Fsp3) is 0.545. The number of amides is 2. The van der Waals surface area contributed by atoms with Gasteiger partial charge in [0.05, 0.1) is 0 Å². The van der Waals surface area contributed by atoms with Gasteiger partial charge in [0.1, 0.15) is 5.69 Å². The molecule has 0 bridgehead atoms. The van der Waals surface area contributed by atoms with Crippen molar-refractivity contribution in [3.05, 3.63) is 16.6 Å². The van der Waals surface area contributed by atoms with Gasteiger partial charge < -0.3 is 10.6 Å². The fourth-order valence-electron chi connectivity index (χ4n) is 2.00. The van der Waals surface area contributed by atoms with Gasteiger partial charge in [0, 0.05) is 23.9 Å². The molecule has 5 nitrogen and oxygen atoms in total. The summed E-state index contributed by atoms with van der Waals surface area (Å²) < 4.78 is 4.10. The van der Waals surface area contributed by atoms with Gasteiger partial charge in [-0.1, -0.05) is 0 Å². The Morgan fingerprint density at radius 1 is 1.47 bits per heavy atom. The number of primary amides is 1. The van der Waals surface area contributed by atoms with Crippen LogP contribution in [0.4, 0.5) is 0 Å². The summed E-state index contributed by atoms with van der Waals surface area (Å²) in [7, 11) is 0. The molecule has 1 saturated heterocycles. The maximum absolute atomic E-state index is 12.0. The minimum atomic E-state index is -0.262. The molecule has 0 spiro atoms. The van der Waals surface area contributed by atoms with Crippen LogP contribution in [0.2, 0.25) is 0 Å². The quantitative estimate of drug-likeness (QED) is 0.846. The van der Waals surface area contributed by atoms with Crippen LogP contribution in [0.5, 0.6) is 0 Å². The van der Waals surface area contributed by atoms with Gasteiger partial charge in [-0.2, -0.15) is 4.37 Å². The average Bonchev–Trinajstić information content (AvgIpc) is 2.75. The summed E-state index contributed by atoms with van der Waals surface area (Å²) in [5.74, 6) is -0.393. The zero-order valence-electron chi connectivity index (χ0n) is 9.68. The molecule has 92 valence electrons. The molecule has 0 unspecified atom stereocenters. The summed E-state index contributed by atoms with van der Waals surface area (Å²) in [5, 5.41) is 0. The molecule has 0 aliphatic carbocycles. The van der Waals surface area contributed by atoms with Crippen LogP contribution >= 0.6 is 11.5 Å². The largest absolute Gasteiger partial charge is 0.369 e. The Kier molecular flexibility index (Phi) is 3.42. The third-order valence-electron chi connectivity index (χ3n) is 3.03. The van der Waals surface area contributed by atoms with Crippen molar-refractivity contribution < 1.29 is 9.59 Å². The van der Waals surface area contributed by atoms with Crippen LogP contribution in [0, 0.1) is 12.8 Å². The van der Waals surface area contributed by atoms with E-state index >= 15 is 0 Å². The highest BCUT2D eigenvalue weighted by Gasteiger charge is 2.27. The minimum absolute atomic E-state index is 0.0442. The van der Waals surface area contributed by atoms with E-state index in [0.29, 0.717) is 31.6 Å². The molecule has 1 aliphatic rings. The number of aryl methyl sites for hydroxylation is 1. The highest BCUT2D eigenvalue weighted by atomic mass is 32.1. The van der Waals surface area contributed by atoms with Crippen molar-refractivity contribution >= 4 is 23.3 Å². The van der Waals surface area contributed by atoms with Gasteiger partial charge in [-0.25, -0.2) is 0 Å². The number of nitrogens with two attached hydrogens (primary N) is 1. The Labute approximate surface area is 104 Å². The standard InChI is InChI=1S/C11H15N3O2S/c1-7-6-9(13-17-7)11(16)14-4-2-8(3-5-14)10(12)15/h6,8H,2-5H2,1H3,(H2,12,15). The first kappa shape index (κ1) is 12.0. The van der Waals surface area contributed by atoms with E-state index in [1.165, 1.54) is 11.5 Å². The third kappa shape index (κ3) is 2.63. The van der Waals surface area contributed by atoms with E-state index in [4.69, 9.17) is 5.73 Å². The number of carbonyl (C=O) groups excluding carboxylic acids is 2. The normalized spacial score (nSPS) is 17.1. The number of aromatic nitrogens is 1. The average molecular weight is 253 g/mol. The second-order valence-corrected chi connectivity index (χ2v) is 5.30. The molecule has 0 atom stereocenters. The van der Waals surface area contributed by atoms with Crippen molar-refractivity contribution in [3.63, 3.8) is 0 Å². The molecular weight excluding hydrogens is 238 g/mol. The minimum Gasteiger partial charge on any atom is -0.369 e. The summed E-state index contributed by atoms with van der Waals surface area (Å²) in [6.45, 7) is 3.10. The second-order valence-electron chi connectivity index (χ2n) is 4.29. The molecule has 1 fully saturated rings. The van der Waals surface area contributed by atoms with Crippen LogP contribution in [0.25, 0.3) is 0 Å². The van der Waals surface area contributed by atoms with Gasteiger partial charge in [-0.05, 0) is 37.4 Å².